The fourth-order valence-electron chi connectivity index (χ4n) is 5.42. The maximum Gasteiger partial charge on any atom is 0.0382 e. The zero-order valence-electron chi connectivity index (χ0n) is 30.3. The van der Waals surface area contributed by atoms with E-state index in [1.165, 1.54) is 43.4 Å². The zero-order chi connectivity index (χ0) is 35.4. The molecule has 0 aromatic heterocycles. The lowest BCUT2D eigenvalue weighted by molar-refractivity contribution is 1.41. The molecule has 0 bridgehead atoms. The van der Waals surface area contributed by atoms with Crippen LogP contribution < -0.4 is 0 Å². The monoisotopic (exact) mass is 641 g/mol. The van der Waals surface area contributed by atoms with Gasteiger partial charge >= 0.3 is 0 Å². The Morgan fingerprint density at radius 1 is 0.531 bits per heavy atom. The molecule has 248 valence electrons. The summed E-state index contributed by atoms with van der Waals surface area (Å²) in [6, 6.07) is 44.5. The van der Waals surface area contributed by atoms with Crippen molar-refractivity contribution in [2.45, 2.75) is 41.5 Å². The summed E-state index contributed by atoms with van der Waals surface area (Å²) in [6.07, 6.45) is 14.6. The van der Waals surface area contributed by atoms with Gasteiger partial charge in [0.2, 0.25) is 0 Å². The second kappa shape index (κ2) is 20.7. The minimum Gasteiger partial charge on any atom is -0.293 e. The fourth-order valence-corrected chi connectivity index (χ4v) is 5.42. The summed E-state index contributed by atoms with van der Waals surface area (Å²) in [5, 5.41) is 7.84. The third-order valence-corrected chi connectivity index (χ3v) is 7.93. The van der Waals surface area contributed by atoms with Crippen LogP contribution in [-0.4, -0.2) is 12.8 Å². The minimum atomic E-state index is 1.03. The Balaban J connectivity index is 0.000000275. The molecule has 0 aliphatic rings. The molecule has 0 saturated carbocycles. The van der Waals surface area contributed by atoms with Crippen LogP contribution in [0.3, 0.4) is 0 Å². The molecule has 0 atom stereocenters. The first-order chi connectivity index (χ1) is 24.1. The van der Waals surface area contributed by atoms with Crippen molar-refractivity contribution >= 4 is 55.8 Å². The van der Waals surface area contributed by atoms with Gasteiger partial charge in [-0.1, -0.05) is 198 Å². The van der Waals surface area contributed by atoms with E-state index in [9.17, 15) is 0 Å². The highest BCUT2D eigenvalue weighted by Crippen LogP contribution is 2.35. The van der Waals surface area contributed by atoms with Crippen molar-refractivity contribution in [2.24, 2.45) is 4.99 Å². The van der Waals surface area contributed by atoms with Crippen molar-refractivity contribution < 1.29 is 0 Å². The molecule has 6 aromatic carbocycles. The Morgan fingerprint density at radius 2 is 1.02 bits per heavy atom. The third kappa shape index (κ3) is 10.5. The summed E-state index contributed by atoms with van der Waals surface area (Å²) in [6.45, 7) is 16.1. The average Bonchev–Trinajstić information content (AvgIpc) is 3.19. The molecule has 6 aromatic rings. The van der Waals surface area contributed by atoms with Crippen LogP contribution >= 0.6 is 0 Å². The van der Waals surface area contributed by atoms with Gasteiger partial charge in [-0.2, -0.15) is 0 Å². The van der Waals surface area contributed by atoms with Crippen LogP contribution in [0.1, 0.15) is 58.2 Å². The Bertz CT molecular complexity index is 2040. The number of benzene rings is 6. The molecule has 0 N–H and O–H groups in total. The Kier molecular flexibility index (Phi) is 16.0. The lowest BCUT2D eigenvalue weighted by Crippen LogP contribution is -1.92. The molecule has 6 rings (SSSR count). The molecule has 1 heteroatoms. The van der Waals surface area contributed by atoms with Crippen molar-refractivity contribution in [2.75, 3.05) is 7.05 Å². The number of hydrogen-bond acceptors (Lipinski definition) is 1. The van der Waals surface area contributed by atoms with Gasteiger partial charge in [0.1, 0.15) is 0 Å². The summed E-state index contributed by atoms with van der Waals surface area (Å²) in [5.41, 5.74) is 6.78. The van der Waals surface area contributed by atoms with E-state index in [0.29, 0.717) is 0 Å². The first-order valence-corrected chi connectivity index (χ1v) is 17.3. The van der Waals surface area contributed by atoms with Crippen LogP contribution in [0.25, 0.3) is 50.0 Å². The van der Waals surface area contributed by atoms with Crippen LogP contribution in [0.15, 0.2) is 175 Å². The zero-order valence-corrected chi connectivity index (χ0v) is 30.3. The fraction of sp³-hybridized carbons (Fsp3) is 0.146. The summed E-state index contributed by atoms with van der Waals surface area (Å²) in [7, 11) is 1.83. The highest BCUT2D eigenvalue weighted by atomic mass is 14.7. The van der Waals surface area contributed by atoms with E-state index < -0.39 is 0 Å². The molecular weight excluding hydrogens is 591 g/mol. The Labute approximate surface area is 295 Å². The Hall–Kier alpha value is -5.53. The van der Waals surface area contributed by atoms with Gasteiger partial charge in [-0.25, -0.2) is 0 Å². The molecule has 0 radical (unpaired) electrons. The van der Waals surface area contributed by atoms with Crippen molar-refractivity contribution in [3.05, 3.63) is 187 Å². The molecular formula is C48H51N. The predicted molar refractivity (Wildman–Crippen MR) is 224 cm³/mol. The van der Waals surface area contributed by atoms with Gasteiger partial charge in [-0.05, 0) is 80.1 Å². The standard InChI is InChI=1S/C28H25N.C16H14.2C2H6/c1-4-22(20(2)29-3)12-6-5-11-21-17-18-27-25-15-8-7-13-23(25)24-14-9-10-16-26(24)28(27)19-21;1-14(16-10-6-3-7-11-16)12-13-15-8-4-2-5-9-15;2*1-2/h4-19H,1-3H3;2-13H,1H2;2*1-2H3/b11-5+,12-6-,22-4+,29-20?;13-12+;;. The molecule has 49 heavy (non-hydrogen) atoms. The van der Waals surface area contributed by atoms with Crippen LogP contribution in [0, 0.1) is 0 Å². The summed E-state index contributed by atoms with van der Waals surface area (Å²) < 4.78 is 0. The van der Waals surface area contributed by atoms with E-state index in [0.717, 1.165) is 22.4 Å². The molecule has 0 aliphatic heterocycles. The maximum absolute atomic E-state index is 4.26. The van der Waals surface area contributed by atoms with Crippen molar-refractivity contribution in [1.82, 2.24) is 0 Å². The molecule has 0 unspecified atom stereocenters. The number of nitrogens with zero attached hydrogens (tertiary/aromatic N) is 1. The molecule has 0 amide bonds. The number of rotatable bonds is 7. The smallest absolute Gasteiger partial charge is 0.0382 e. The number of hydrogen-bond donors (Lipinski definition) is 0. The van der Waals surface area contributed by atoms with E-state index in [1.54, 1.807) is 0 Å². The van der Waals surface area contributed by atoms with E-state index >= 15 is 0 Å². The van der Waals surface area contributed by atoms with Crippen LogP contribution in [-0.2, 0) is 0 Å². The van der Waals surface area contributed by atoms with Crippen LogP contribution in [0.4, 0.5) is 0 Å². The largest absolute Gasteiger partial charge is 0.293 e. The molecule has 0 fully saturated rings. The van der Waals surface area contributed by atoms with E-state index in [1.807, 2.05) is 91.1 Å². The molecule has 0 spiro atoms. The van der Waals surface area contributed by atoms with Gasteiger partial charge in [0.15, 0.2) is 0 Å². The van der Waals surface area contributed by atoms with Gasteiger partial charge in [-0.15, -0.1) is 0 Å². The molecule has 0 heterocycles. The predicted octanol–water partition coefficient (Wildman–Crippen LogP) is 14.2. The SMILES string of the molecule is C=C(/C=C/c1ccccc1)c1ccccc1.CC.CC.C\C=C(/C=C\C=C\c1ccc2c3ccccc3c3ccccc3c2c1)C(C)=NC. The van der Waals surface area contributed by atoms with Crippen molar-refractivity contribution in [3.8, 4) is 0 Å². The quantitative estimate of drug-likeness (QED) is 0.0934. The van der Waals surface area contributed by atoms with E-state index in [2.05, 4.69) is 139 Å². The molecule has 0 saturated heterocycles. The van der Waals surface area contributed by atoms with Crippen molar-refractivity contribution in [3.63, 3.8) is 0 Å². The third-order valence-electron chi connectivity index (χ3n) is 7.93. The number of aliphatic imine (C=N–C) groups is 1. The topological polar surface area (TPSA) is 12.4 Å². The summed E-state index contributed by atoms with van der Waals surface area (Å²) in [5.74, 6) is 0. The maximum atomic E-state index is 4.26. The van der Waals surface area contributed by atoms with Crippen LogP contribution in [0.2, 0.25) is 0 Å². The highest BCUT2D eigenvalue weighted by molar-refractivity contribution is 6.25. The molecule has 1 nitrogen and oxygen atoms in total. The summed E-state index contributed by atoms with van der Waals surface area (Å²) >= 11 is 0. The highest BCUT2D eigenvalue weighted by Gasteiger charge is 2.07. The first-order valence-electron chi connectivity index (χ1n) is 17.3. The molecule has 0 aliphatic carbocycles. The second-order valence-electron chi connectivity index (χ2n) is 10.8. The van der Waals surface area contributed by atoms with Gasteiger partial charge in [-0.3, -0.25) is 4.99 Å². The number of fused-ring (bicyclic) bond motifs is 6. The van der Waals surface area contributed by atoms with E-state index in [4.69, 9.17) is 0 Å². The summed E-state index contributed by atoms with van der Waals surface area (Å²) in [4.78, 5) is 4.26. The van der Waals surface area contributed by atoms with Crippen molar-refractivity contribution in [1.29, 1.82) is 0 Å². The average molecular weight is 642 g/mol. The Morgan fingerprint density at radius 3 is 1.55 bits per heavy atom. The first kappa shape index (κ1) is 37.9. The minimum absolute atomic E-state index is 1.03. The van der Waals surface area contributed by atoms with Gasteiger partial charge in [0.05, 0.1) is 0 Å². The van der Waals surface area contributed by atoms with Gasteiger partial charge in [0.25, 0.3) is 0 Å². The second-order valence-corrected chi connectivity index (χ2v) is 10.8. The number of allylic oxidation sites excluding steroid dienone is 7. The van der Waals surface area contributed by atoms with Gasteiger partial charge < -0.3 is 0 Å². The van der Waals surface area contributed by atoms with Crippen LogP contribution in [0.5, 0.6) is 0 Å². The van der Waals surface area contributed by atoms with E-state index in [-0.39, 0.29) is 0 Å². The van der Waals surface area contributed by atoms with Gasteiger partial charge in [0, 0.05) is 12.8 Å². The normalized spacial score (nSPS) is 11.7. The lowest BCUT2D eigenvalue weighted by Gasteiger charge is -2.10. The lowest BCUT2D eigenvalue weighted by atomic mass is 9.93.